The van der Waals surface area contributed by atoms with E-state index in [1.165, 1.54) is 18.2 Å². The molecule has 0 aliphatic rings. The summed E-state index contributed by atoms with van der Waals surface area (Å²) in [7, 11) is 0. The zero-order valence-electron chi connectivity index (χ0n) is 10.7. The van der Waals surface area contributed by atoms with E-state index in [0.717, 1.165) is 18.4 Å². The summed E-state index contributed by atoms with van der Waals surface area (Å²) in [6.45, 7) is 2.05. The van der Waals surface area contributed by atoms with E-state index in [2.05, 4.69) is 6.92 Å². The van der Waals surface area contributed by atoms with Crippen LogP contribution in [0.3, 0.4) is 0 Å². The Kier molecular flexibility index (Phi) is 4.29. The fraction of sp³-hybridized carbons (Fsp3) is 0.188. The van der Waals surface area contributed by atoms with Crippen LogP contribution in [0.4, 0.5) is 4.39 Å². The monoisotopic (exact) mass is 258 g/mol. The SMILES string of the molecule is CCCc1ccccc1OC(=O)c1ccccc1F. The van der Waals surface area contributed by atoms with Gasteiger partial charge in [-0.1, -0.05) is 43.7 Å². The van der Waals surface area contributed by atoms with Crippen LogP contribution in [-0.4, -0.2) is 5.97 Å². The van der Waals surface area contributed by atoms with Crippen LogP contribution in [0.25, 0.3) is 0 Å². The molecule has 0 amide bonds. The molecule has 2 rings (SSSR count). The van der Waals surface area contributed by atoms with E-state index >= 15 is 0 Å². The predicted molar refractivity (Wildman–Crippen MR) is 71.8 cm³/mol. The Hall–Kier alpha value is -2.16. The number of rotatable bonds is 4. The van der Waals surface area contributed by atoms with Gasteiger partial charge in [-0.3, -0.25) is 0 Å². The second-order valence-electron chi connectivity index (χ2n) is 4.23. The maximum atomic E-state index is 13.5. The van der Waals surface area contributed by atoms with Crippen molar-refractivity contribution in [2.24, 2.45) is 0 Å². The topological polar surface area (TPSA) is 26.3 Å². The van der Waals surface area contributed by atoms with E-state index in [0.29, 0.717) is 5.75 Å². The van der Waals surface area contributed by atoms with Gasteiger partial charge >= 0.3 is 5.97 Å². The lowest BCUT2D eigenvalue weighted by molar-refractivity contribution is 0.0728. The summed E-state index contributed by atoms with van der Waals surface area (Å²) in [5, 5.41) is 0. The summed E-state index contributed by atoms with van der Waals surface area (Å²) in [4.78, 5) is 11.9. The van der Waals surface area contributed by atoms with Gasteiger partial charge < -0.3 is 4.74 Å². The van der Waals surface area contributed by atoms with Gasteiger partial charge in [0.1, 0.15) is 11.6 Å². The molecule has 0 atom stereocenters. The molecule has 2 nitrogen and oxygen atoms in total. The van der Waals surface area contributed by atoms with Crippen LogP contribution in [-0.2, 0) is 6.42 Å². The Morgan fingerprint density at radius 2 is 1.79 bits per heavy atom. The zero-order chi connectivity index (χ0) is 13.7. The van der Waals surface area contributed by atoms with Crippen molar-refractivity contribution < 1.29 is 13.9 Å². The van der Waals surface area contributed by atoms with Gasteiger partial charge in [0.05, 0.1) is 5.56 Å². The van der Waals surface area contributed by atoms with Crippen molar-refractivity contribution in [1.82, 2.24) is 0 Å². The maximum Gasteiger partial charge on any atom is 0.346 e. The van der Waals surface area contributed by atoms with Crippen molar-refractivity contribution in [3.05, 3.63) is 65.5 Å². The molecular formula is C16H15FO2. The van der Waals surface area contributed by atoms with Crippen LogP contribution < -0.4 is 4.74 Å². The van der Waals surface area contributed by atoms with Crippen LogP contribution in [0.1, 0.15) is 29.3 Å². The number of esters is 1. The summed E-state index contributed by atoms with van der Waals surface area (Å²) in [6.07, 6.45) is 1.77. The van der Waals surface area contributed by atoms with Gasteiger partial charge in [-0.05, 0) is 30.2 Å². The lowest BCUT2D eigenvalue weighted by atomic mass is 10.1. The number of ether oxygens (including phenoxy) is 1. The molecule has 0 spiro atoms. The summed E-state index contributed by atoms with van der Waals surface area (Å²) in [6, 6.07) is 13.1. The second-order valence-corrected chi connectivity index (χ2v) is 4.23. The van der Waals surface area contributed by atoms with E-state index in [9.17, 15) is 9.18 Å². The first-order valence-corrected chi connectivity index (χ1v) is 6.27. The summed E-state index contributed by atoms with van der Waals surface area (Å²) < 4.78 is 18.8. The molecule has 0 heterocycles. The Balaban J connectivity index is 2.22. The molecule has 2 aromatic rings. The molecule has 0 N–H and O–H groups in total. The molecule has 0 radical (unpaired) electrons. The quantitative estimate of drug-likeness (QED) is 0.612. The van der Waals surface area contributed by atoms with Crippen molar-refractivity contribution in [3.8, 4) is 5.75 Å². The standard InChI is InChI=1S/C16H15FO2/c1-2-7-12-8-3-6-11-15(12)19-16(18)13-9-4-5-10-14(13)17/h3-6,8-11H,2,7H2,1H3. The van der Waals surface area contributed by atoms with Gasteiger partial charge in [0, 0.05) is 0 Å². The van der Waals surface area contributed by atoms with E-state index in [1.54, 1.807) is 18.2 Å². The normalized spacial score (nSPS) is 10.2. The molecular weight excluding hydrogens is 243 g/mol. The molecule has 2 aromatic carbocycles. The lowest BCUT2D eigenvalue weighted by Crippen LogP contribution is -2.11. The van der Waals surface area contributed by atoms with Gasteiger partial charge in [-0.2, -0.15) is 0 Å². The highest BCUT2D eigenvalue weighted by Crippen LogP contribution is 2.21. The molecule has 0 saturated heterocycles. The Morgan fingerprint density at radius 3 is 2.53 bits per heavy atom. The van der Waals surface area contributed by atoms with Crippen molar-refractivity contribution in [1.29, 1.82) is 0 Å². The van der Waals surface area contributed by atoms with E-state index in [-0.39, 0.29) is 5.56 Å². The molecule has 0 bridgehead atoms. The molecule has 0 unspecified atom stereocenters. The van der Waals surface area contributed by atoms with Crippen molar-refractivity contribution in [2.45, 2.75) is 19.8 Å². The number of aryl methyl sites for hydroxylation is 1. The molecule has 19 heavy (non-hydrogen) atoms. The third-order valence-electron chi connectivity index (χ3n) is 2.79. The Morgan fingerprint density at radius 1 is 1.11 bits per heavy atom. The predicted octanol–water partition coefficient (Wildman–Crippen LogP) is 4.00. The molecule has 0 aliphatic heterocycles. The average Bonchev–Trinajstić information content (AvgIpc) is 2.41. The van der Waals surface area contributed by atoms with E-state index in [1.807, 2.05) is 12.1 Å². The third kappa shape index (κ3) is 3.19. The van der Waals surface area contributed by atoms with E-state index in [4.69, 9.17) is 4.74 Å². The van der Waals surface area contributed by atoms with Crippen LogP contribution in [0.5, 0.6) is 5.75 Å². The molecule has 0 aromatic heterocycles. The van der Waals surface area contributed by atoms with Gasteiger partial charge in [0.15, 0.2) is 0 Å². The first kappa shape index (κ1) is 13.3. The summed E-state index contributed by atoms with van der Waals surface area (Å²) in [5.41, 5.74) is 0.906. The maximum absolute atomic E-state index is 13.5. The first-order chi connectivity index (χ1) is 9.22. The van der Waals surface area contributed by atoms with Crippen LogP contribution in [0.2, 0.25) is 0 Å². The smallest absolute Gasteiger partial charge is 0.346 e. The second kappa shape index (κ2) is 6.14. The number of benzene rings is 2. The number of halogens is 1. The lowest BCUT2D eigenvalue weighted by Gasteiger charge is -2.09. The number of carbonyl (C=O) groups is 1. The van der Waals surface area contributed by atoms with Crippen molar-refractivity contribution in [2.75, 3.05) is 0 Å². The van der Waals surface area contributed by atoms with Gasteiger partial charge in [-0.15, -0.1) is 0 Å². The van der Waals surface area contributed by atoms with E-state index < -0.39 is 11.8 Å². The van der Waals surface area contributed by atoms with Crippen LogP contribution in [0.15, 0.2) is 48.5 Å². The molecule has 0 saturated carbocycles. The minimum Gasteiger partial charge on any atom is -0.423 e. The Labute approximate surface area is 111 Å². The highest BCUT2D eigenvalue weighted by atomic mass is 19.1. The zero-order valence-corrected chi connectivity index (χ0v) is 10.7. The highest BCUT2D eigenvalue weighted by Gasteiger charge is 2.14. The molecule has 98 valence electrons. The molecule has 3 heteroatoms. The number of para-hydroxylation sites is 1. The number of hydrogen-bond donors (Lipinski definition) is 0. The van der Waals surface area contributed by atoms with Crippen LogP contribution >= 0.6 is 0 Å². The molecule has 0 fully saturated rings. The van der Waals surface area contributed by atoms with Gasteiger partial charge in [0.25, 0.3) is 0 Å². The Bertz CT molecular complexity index is 578. The summed E-state index contributed by atoms with van der Waals surface area (Å²) in [5.74, 6) is -0.736. The fourth-order valence-corrected chi connectivity index (χ4v) is 1.86. The summed E-state index contributed by atoms with van der Waals surface area (Å²) >= 11 is 0. The molecule has 0 aliphatic carbocycles. The van der Waals surface area contributed by atoms with Crippen LogP contribution in [0, 0.1) is 5.82 Å². The highest BCUT2D eigenvalue weighted by molar-refractivity contribution is 5.91. The fourth-order valence-electron chi connectivity index (χ4n) is 1.86. The van der Waals surface area contributed by atoms with Gasteiger partial charge in [0.2, 0.25) is 0 Å². The van der Waals surface area contributed by atoms with Gasteiger partial charge in [-0.25, -0.2) is 9.18 Å². The minimum atomic E-state index is -0.665. The average molecular weight is 258 g/mol. The third-order valence-corrected chi connectivity index (χ3v) is 2.79. The largest absolute Gasteiger partial charge is 0.423 e. The number of hydrogen-bond acceptors (Lipinski definition) is 2. The van der Waals surface area contributed by atoms with Crippen molar-refractivity contribution in [3.63, 3.8) is 0 Å². The minimum absolute atomic E-state index is 0.0474. The number of carbonyl (C=O) groups excluding carboxylic acids is 1. The van der Waals surface area contributed by atoms with Crippen molar-refractivity contribution >= 4 is 5.97 Å². The first-order valence-electron chi connectivity index (χ1n) is 6.27.